The Morgan fingerprint density at radius 2 is 2.00 bits per heavy atom. The van der Waals surface area contributed by atoms with Gasteiger partial charge in [-0.25, -0.2) is 0 Å². The van der Waals surface area contributed by atoms with E-state index in [1.54, 1.807) is 0 Å². The number of hydrogen-bond acceptors (Lipinski definition) is 3. The predicted molar refractivity (Wildman–Crippen MR) is 83.8 cm³/mol. The number of rotatable bonds is 8. The van der Waals surface area contributed by atoms with Gasteiger partial charge in [0, 0.05) is 30.9 Å². The van der Waals surface area contributed by atoms with E-state index < -0.39 is 5.60 Å². The Morgan fingerprint density at radius 1 is 1.35 bits per heavy atom. The maximum absolute atomic E-state index is 10.4. The Kier molecular flexibility index (Phi) is 6.21. The van der Waals surface area contributed by atoms with Crippen LogP contribution in [0.3, 0.4) is 0 Å². The Bertz CT molecular complexity index is 424. The van der Waals surface area contributed by atoms with E-state index in [9.17, 15) is 5.11 Å². The van der Waals surface area contributed by atoms with Gasteiger partial charge in [0.05, 0.1) is 11.3 Å². The molecule has 1 aromatic rings. The van der Waals surface area contributed by atoms with Crippen LogP contribution in [0.2, 0.25) is 0 Å². The summed E-state index contributed by atoms with van der Waals surface area (Å²) in [6.45, 7) is 14.8. The molecule has 0 saturated carbocycles. The summed E-state index contributed by atoms with van der Waals surface area (Å²) in [5.74, 6) is 0.292. The minimum absolute atomic E-state index is 0.292. The van der Waals surface area contributed by atoms with Crippen molar-refractivity contribution in [3.8, 4) is 0 Å². The van der Waals surface area contributed by atoms with Crippen LogP contribution in [0, 0.1) is 19.8 Å². The molecule has 20 heavy (non-hydrogen) atoms. The molecule has 116 valence electrons. The molecule has 0 amide bonds. The SMILES string of the molecule is CCCn1nc(C)c(CNCC(C)(O)C(C)CC)c1C. The normalized spacial score (nSPS) is 16.1. The molecule has 0 bridgehead atoms. The standard InChI is InChI=1S/C16H31N3O/c1-7-9-19-14(5)15(13(4)18-19)10-17-11-16(6,20)12(3)8-2/h12,17,20H,7-11H2,1-6H3. The summed E-state index contributed by atoms with van der Waals surface area (Å²) in [6, 6.07) is 0. The van der Waals surface area contributed by atoms with Gasteiger partial charge in [0.2, 0.25) is 0 Å². The van der Waals surface area contributed by atoms with Crippen molar-refractivity contribution in [2.24, 2.45) is 5.92 Å². The number of aryl methyl sites for hydroxylation is 2. The quantitative estimate of drug-likeness (QED) is 0.770. The Labute approximate surface area is 123 Å². The Morgan fingerprint density at radius 3 is 2.55 bits per heavy atom. The van der Waals surface area contributed by atoms with E-state index in [-0.39, 0.29) is 0 Å². The van der Waals surface area contributed by atoms with Crippen LogP contribution in [-0.2, 0) is 13.1 Å². The molecule has 0 aliphatic heterocycles. The van der Waals surface area contributed by atoms with Gasteiger partial charge in [-0.2, -0.15) is 5.10 Å². The van der Waals surface area contributed by atoms with Crippen molar-refractivity contribution >= 4 is 0 Å². The van der Waals surface area contributed by atoms with Crippen LogP contribution in [0.5, 0.6) is 0 Å². The molecule has 1 heterocycles. The zero-order chi connectivity index (χ0) is 15.3. The van der Waals surface area contributed by atoms with Crippen molar-refractivity contribution in [1.82, 2.24) is 15.1 Å². The molecular weight excluding hydrogens is 250 g/mol. The van der Waals surface area contributed by atoms with Gasteiger partial charge in [0.25, 0.3) is 0 Å². The van der Waals surface area contributed by atoms with Gasteiger partial charge in [-0.1, -0.05) is 27.2 Å². The fourth-order valence-corrected chi connectivity index (χ4v) is 2.47. The van der Waals surface area contributed by atoms with Gasteiger partial charge in [0.15, 0.2) is 0 Å². The molecule has 0 aromatic carbocycles. The highest BCUT2D eigenvalue weighted by molar-refractivity contribution is 5.24. The summed E-state index contributed by atoms with van der Waals surface area (Å²) >= 11 is 0. The number of hydrogen-bond donors (Lipinski definition) is 2. The summed E-state index contributed by atoms with van der Waals surface area (Å²) < 4.78 is 2.08. The Hall–Kier alpha value is -0.870. The second kappa shape index (κ2) is 7.23. The molecule has 0 saturated heterocycles. The highest BCUT2D eigenvalue weighted by Crippen LogP contribution is 2.19. The van der Waals surface area contributed by atoms with Gasteiger partial charge in [-0.3, -0.25) is 4.68 Å². The van der Waals surface area contributed by atoms with Crippen molar-refractivity contribution < 1.29 is 5.11 Å². The Balaban J connectivity index is 2.62. The van der Waals surface area contributed by atoms with Crippen molar-refractivity contribution in [1.29, 1.82) is 0 Å². The number of aromatic nitrogens is 2. The second-order valence-electron chi connectivity index (χ2n) is 6.14. The van der Waals surface area contributed by atoms with Crippen molar-refractivity contribution in [3.05, 3.63) is 17.0 Å². The monoisotopic (exact) mass is 281 g/mol. The lowest BCUT2D eigenvalue weighted by Gasteiger charge is -2.30. The molecule has 4 heteroatoms. The molecule has 0 radical (unpaired) electrons. The number of nitrogens with one attached hydrogen (secondary N) is 1. The first-order chi connectivity index (χ1) is 9.33. The van der Waals surface area contributed by atoms with E-state index >= 15 is 0 Å². The van der Waals surface area contributed by atoms with Crippen LogP contribution >= 0.6 is 0 Å². The first kappa shape index (κ1) is 17.2. The molecule has 4 nitrogen and oxygen atoms in total. The highest BCUT2D eigenvalue weighted by Gasteiger charge is 2.26. The molecule has 2 atom stereocenters. The van der Waals surface area contributed by atoms with E-state index in [4.69, 9.17) is 0 Å². The molecule has 0 fully saturated rings. The maximum Gasteiger partial charge on any atom is 0.0768 e. The average molecular weight is 281 g/mol. The maximum atomic E-state index is 10.4. The summed E-state index contributed by atoms with van der Waals surface area (Å²) in [5, 5.41) is 18.4. The van der Waals surface area contributed by atoms with Crippen molar-refractivity contribution in [2.45, 2.75) is 73.1 Å². The largest absolute Gasteiger partial charge is 0.389 e. The third-order valence-electron chi connectivity index (χ3n) is 4.43. The average Bonchev–Trinajstić information content (AvgIpc) is 2.65. The fourth-order valence-electron chi connectivity index (χ4n) is 2.47. The van der Waals surface area contributed by atoms with E-state index in [0.717, 1.165) is 31.6 Å². The lowest BCUT2D eigenvalue weighted by Crippen LogP contribution is -2.42. The van der Waals surface area contributed by atoms with E-state index in [1.165, 1.54) is 11.3 Å². The number of nitrogens with zero attached hydrogens (tertiary/aromatic N) is 2. The third-order valence-corrected chi connectivity index (χ3v) is 4.43. The van der Waals surface area contributed by atoms with Gasteiger partial charge in [-0.15, -0.1) is 0 Å². The van der Waals surface area contributed by atoms with Crippen LogP contribution in [0.4, 0.5) is 0 Å². The van der Waals surface area contributed by atoms with Gasteiger partial charge >= 0.3 is 0 Å². The van der Waals surface area contributed by atoms with Gasteiger partial charge in [0.1, 0.15) is 0 Å². The summed E-state index contributed by atoms with van der Waals surface area (Å²) in [6.07, 6.45) is 2.08. The lowest BCUT2D eigenvalue weighted by molar-refractivity contribution is 0.00532. The molecule has 1 aromatic heterocycles. The lowest BCUT2D eigenvalue weighted by atomic mass is 9.88. The minimum atomic E-state index is -0.657. The van der Waals surface area contributed by atoms with Crippen LogP contribution in [0.25, 0.3) is 0 Å². The first-order valence-electron chi connectivity index (χ1n) is 7.79. The third kappa shape index (κ3) is 4.06. The van der Waals surface area contributed by atoms with Crippen LogP contribution < -0.4 is 5.32 Å². The smallest absolute Gasteiger partial charge is 0.0768 e. The van der Waals surface area contributed by atoms with Crippen LogP contribution in [-0.4, -0.2) is 27.0 Å². The minimum Gasteiger partial charge on any atom is -0.389 e. The van der Waals surface area contributed by atoms with Crippen molar-refractivity contribution in [2.75, 3.05) is 6.54 Å². The molecular formula is C16H31N3O. The highest BCUT2D eigenvalue weighted by atomic mass is 16.3. The summed E-state index contributed by atoms with van der Waals surface area (Å²) in [4.78, 5) is 0. The van der Waals surface area contributed by atoms with Gasteiger partial charge < -0.3 is 10.4 Å². The van der Waals surface area contributed by atoms with Gasteiger partial charge in [-0.05, 0) is 33.1 Å². The molecule has 0 aliphatic rings. The summed E-state index contributed by atoms with van der Waals surface area (Å²) in [7, 11) is 0. The topological polar surface area (TPSA) is 50.1 Å². The van der Waals surface area contributed by atoms with Crippen LogP contribution in [0.1, 0.15) is 57.5 Å². The summed E-state index contributed by atoms with van der Waals surface area (Å²) in [5.41, 5.74) is 2.93. The predicted octanol–water partition coefficient (Wildman–Crippen LogP) is 2.80. The number of aliphatic hydroxyl groups is 1. The molecule has 0 aliphatic carbocycles. The van der Waals surface area contributed by atoms with Crippen LogP contribution in [0.15, 0.2) is 0 Å². The zero-order valence-electron chi connectivity index (χ0n) is 14.0. The van der Waals surface area contributed by atoms with Crippen molar-refractivity contribution in [3.63, 3.8) is 0 Å². The fraction of sp³-hybridized carbons (Fsp3) is 0.812. The van der Waals surface area contributed by atoms with E-state index in [0.29, 0.717) is 12.5 Å². The first-order valence-corrected chi connectivity index (χ1v) is 7.79. The van der Waals surface area contributed by atoms with E-state index in [2.05, 4.69) is 49.7 Å². The molecule has 1 rings (SSSR count). The second-order valence-corrected chi connectivity index (χ2v) is 6.14. The van der Waals surface area contributed by atoms with E-state index in [1.807, 2.05) is 6.92 Å². The molecule has 2 unspecified atom stereocenters. The molecule has 2 N–H and O–H groups in total. The molecule has 0 spiro atoms. The zero-order valence-corrected chi connectivity index (χ0v) is 14.0.